The zero-order chi connectivity index (χ0) is 21.3. The van der Waals surface area contributed by atoms with Crippen molar-refractivity contribution in [3.63, 3.8) is 0 Å². The molecule has 0 aromatic carbocycles. The molecule has 0 aromatic heterocycles. The molecule has 154 valence electrons. The predicted octanol–water partition coefficient (Wildman–Crippen LogP) is -3.46. The molecule has 0 aliphatic carbocycles. The second-order valence-electron chi connectivity index (χ2n) is 6.15. The topological polar surface area (TPSA) is 214 Å². The highest BCUT2D eigenvalue weighted by Gasteiger charge is 2.30. The van der Waals surface area contributed by atoms with Crippen molar-refractivity contribution in [1.29, 1.82) is 0 Å². The van der Waals surface area contributed by atoms with Crippen LogP contribution in [0.1, 0.15) is 33.6 Å². The molecule has 0 heterocycles. The summed E-state index contributed by atoms with van der Waals surface area (Å²) in [6.45, 7) is 3.94. The fraction of sp³-hybridized carbons (Fsp3) is 0.667. The Morgan fingerprint density at radius 1 is 0.926 bits per heavy atom. The first kappa shape index (κ1) is 24.3. The molecule has 0 fully saturated rings. The van der Waals surface area contributed by atoms with Gasteiger partial charge in [0.05, 0.1) is 12.1 Å². The number of carboxylic acid groups (broad SMARTS) is 1. The number of rotatable bonds is 11. The Labute approximate surface area is 156 Å². The molecule has 0 aliphatic heterocycles. The Kier molecular flexibility index (Phi) is 9.96. The van der Waals surface area contributed by atoms with E-state index in [4.69, 9.17) is 16.6 Å². The number of hydrogen-bond donors (Lipinski definition) is 7. The zero-order valence-corrected chi connectivity index (χ0v) is 15.4. The lowest BCUT2D eigenvalue weighted by Gasteiger charge is -2.24. The van der Waals surface area contributed by atoms with E-state index in [-0.39, 0.29) is 12.8 Å². The highest BCUT2D eigenvalue weighted by molar-refractivity contribution is 5.94. The summed E-state index contributed by atoms with van der Waals surface area (Å²) in [5, 5.41) is 25.4. The molecule has 5 atom stereocenters. The van der Waals surface area contributed by atoms with Crippen LogP contribution < -0.4 is 27.4 Å². The molecule has 0 bridgehead atoms. The Morgan fingerprint density at radius 3 is 1.89 bits per heavy atom. The van der Waals surface area contributed by atoms with Crippen molar-refractivity contribution in [3.05, 3.63) is 0 Å². The molecule has 0 saturated heterocycles. The smallest absolute Gasteiger partial charge is 0.326 e. The van der Waals surface area contributed by atoms with Gasteiger partial charge in [-0.1, -0.05) is 0 Å². The van der Waals surface area contributed by atoms with Crippen molar-refractivity contribution in [3.8, 4) is 0 Å². The van der Waals surface area contributed by atoms with E-state index < -0.39 is 59.9 Å². The van der Waals surface area contributed by atoms with Crippen LogP contribution in [0.5, 0.6) is 0 Å². The quantitative estimate of drug-likeness (QED) is 0.188. The van der Waals surface area contributed by atoms with Gasteiger partial charge >= 0.3 is 5.97 Å². The van der Waals surface area contributed by atoms with E-state index in [1.165, 1.54) is 20.8 Å². The minimum absolute atomic E-state index is 0.210. The van der Waals surface area contributed by atoms with Crippen LogP contribution in [0, 0.1) is 0 Å². The predicted molar refractivity (Wildman–Crippen MR) is 92.9 cm³/mol. The molecule has 12 heteroatoms. The summed E-state index contributed by atoms with van der Waals surface area (Å²) in [5.41, 5.74) is 10.3. The van der Waals surface area contributed by atoms with Gasteiger partial charge in [0.2, 0.25) is 23.6 Å². The molecule has 0 radical (unpaired) electrons. The number of nitrogens with one attached hydrogen (secondary N) is 3. The summed E-state index contributed by atoms with van der Waals surface area (Å²) in [4.78, 5) is 57.8. The normalized spacial score (nSPS) is 16.2. The summed E-state index contributed by atoms with van der Waals surface area (Å²) in [7, 11) is 0. The molecule has 0 rings (SSSR count). The lowest BCUT2D eigenvalue weighted by Crippen LogP contribution is -2.58. The van der Waals surface area contributed by atoms with Crippen molar-refractivity contribution >= 4 is 29.6 Å². The molecular formula is C15H27N5O7. The molecule has 9 N–H and O–H groups in total. The van der Waals surface area contributed by atoms with Crippen molar-refractivity contribution < 1.29 is 34.2 Å². The van der Waals surface area contributed by atoms with Gasteiger partial charge in [0.15, 0.2) is 0 Å². The van der Waals surface area contributed by atoms with Crippen LogP contribution in [0.15, 0.2) is 0 Å². The number of carboxylic acids is 1. The van der Waals surface area contributed by atoms with E-state index in [1.807, 2.05) is 0 Å². The number of carbonyl (C=O) groups excluding carboxylic acids is 4. The second kappa shape index (κ2) is 11.1. The molecule has 12 nitrogen and oxygen atoms in total. The number of hydrogen-bond acceptors (Lipinski definition) is 7. The summed E-state index contributed by atoms with van der Waals surface area (Å²) >= 11 is 0. The Bertz CT molecular complexity index is 579. The molecule has 0 spiro atoms. The average Bonchev–Trinajstić information content (AvgIpc) is 2.54. The van der Waals surface area contributed by atoms with Crippen molar-refractivity contribution in [2.24, 2.45) is 11.5 Å². The molecule has 5 unspecified atom stereocenters. The largest absolute Gasteiger partial charge is 0.480 e. The average molecular weight is 389 g/mol. The van der Waals surface area contributed by atoms with Crippen LogP contribution in [0.2, 0.25) is 0 Å². The molecule has 0 saturated carbocycles. The first-order valence-electron chi connectivity index (χ1n) is 8.22. The zero-order valence-electron chi connectivity index (χ0n) is 15.4. The third kappa shape index (κ3) is 8.96. The molecule has 4 amide bonds. The maximum absolute atomic E-state index is 12.2. The standard InChI is InChI=1S/C15H27N5O7/c1-6(16)12(23)20-11(8(3)21)14(25)18-7(2)13(24)19-9(15(26)27)4-5-10(17)22/h6-9,11,21H,4-5,16H2,1-3H3,(H2,17,22)(H,18,25)(H,19,24)(H,20,23)(H,26,27). The molecule has 27 heavy (non-hydrogen) atoms. The van der Waals surface area contributed by atoms with Gasteiger partial charge in [-0.3, -0.25) is 19.2 Å². The van der Waals surface area contributed by atoms with E-state index in [0.29, 0.717) is 0 Å². The van der Waals surface area contributed by atoms with Crippen LogP contribution >= 0.6 is 0 Å². The van der Waals surface area contributed by atoms with Crippen LogP contribution in [0.4, 0.5) is 0 Å². The lowest BCUT2D eigenvalue weighted by atomic mass is 10.1. The van der Waals surface area contributed by atoms with Crippen molar-refractivity contribution in [2.75, 3.05) is 0 Å². The van der Waals surface area contributed by atoms with E-state index in [2.05, 4.69) is 16.0 Å². The second-order valence-corrected chi connectivity index (χ2v) is 6.15. The lowest BCUT2D eigenvalue weighted by molar-refractivity contribution is -0.142. The van der Waals surface area contributed by atoms with Gasteiger partial charge in [0, 0.05) is 6.42 Å². The number of nitrogens with two attached hydrogens (primary N) is 2. The first-order chi connectivity index (χ1) is 12.4. The maximum atomic E-state index is 12.2. The molecule has 0 aliphatic rings. The highest BCUT2D eigenvalue weighted by atomic mass is 16.4. The minimum Gasteiger partial charge on any atom is -0.480 e. The van der Waals surface area contributed by atoms with Gasteiger partial charge < -0.3 is 37.6 Å². The summed E-state index contributed by atoms with van der Waals surface area (Å²) < 4.78 is 0. The molecule has 0 aromatic rings. The monoisotopic (exact) mass is 389 g/mol. The highest BCUT2D eigenvalue weighted by Crippen LogP contribution is 2.00. The van der Waals surface area contributed by atoms with Crippen LogP contribution in [0.25, 0.3) is 0 Å². The first-order valence-corrected chi connectivity index (χ1v) is 8.22. The van der Waals surface area contributed by atoms with Gasteiger partial charge in [0.1, 0.15) is 18.1 Å². The SMILES string of the molecule is CC(N)C(=O)NC(C(=O)NC(C)C(=O)NC(CCC(N)=O)C(=O)O)C(C)O. The fourth-order valence-electron chi connectivity index (χ4n) is 1.90. The third-order valence-electron chi connectivity index (χ3n) is 3.52. The number of amides is 4. The maximum Gasteiger partial charge on any atom is 0.326 e. The number of aliphatic hydroxyl groups is 1. The van der Waals surface area contributed by atoms with Crippen LogP contribution in [-0.2, 0) is 24.0 Å². The van der Waals surface area contributed by atoms with Gasteiger partial charge in [-0.15, -0.1) is 0 Å². The van der Waals surface area contributed by atoms with E-state index >= 15 is 0 Å². The number of primary amides is 1. The summed E-state index contributed by atoms with van der Waals surface area (Å²) in [6, 6.07) is -4.82. The van der Waals surface area contributed by atoms with Crippen molar-refractivity contribution in [1.82, 2.24) is 16.0 Å². The number of aliphatic hydroxyl groups excluding tert-OH is 1. The third-order valence-corrected chi connectivity index (χ3v) is 3.52. The van der Waals surface area contributed by atoms with Crippen LogP contribution in [0.3, 0.4) is 0 Å². The van der Waals surface area contributed by atoms with Gasteiger partial charge in [-0.25, -0.2) is 4.79 Å². The van der Waals surface area contributed by atoms with E-state index in [0.717, 1.165) is 0 Å². The van der Waals surface area contributed by atoms with E-state index in [9.17, 15) is 29.1 Å². The van der Waals surface area contributed by atoms with Gasteiger partial charge in [-0.05, 0) is 27.2 Å². The minimum atomic E-state index is -1.37. The summed E-state index contributed by atoms with van der Waals surface area (Å²) in [6.07, 6.45) is -1.73. The van der Waals surface area contributed by atoms with Gasteiger partial charge in [0.25, 0.3) is 0 Å². The number of aliphatic carboxylic acids is 1. The Morgan fingerprint density at radius 2 is 1.48 bits per heavy atom. The van der Waals surface area contributed by atoms with Gasteiger partial charge in [-0.2, -0.15) is 0 Å². The van der Waals surface area contributed by atoms with Crippen molar-refractivity contribution in [2.45, 2.75) is 63.9 Å². The number of carbonyl (C=O) groups is 5. The van der Waals surface area contributed by atoms with Crippen LogP contribution in [-0.4, -0.2) is 70.1 Å². The fourth-order valence-corrected chi connectivity index (χ4v) is 1.90. The summed E-state index contributed by atoms with van der Waals surface area (Å²) in [5.74, 6) is -4.45. The Balaban J connectivity index is 4.90. The molecular weight excluding hydrogens is 362 g/mol. The van der Waals surface area contributed by atoms with E-state index in [1.54, 1.807) is 0 Å². The Hall–Kier alpha value is -2.73.